The molecule has 1 rings (SSSR count). The minimum Gasteiger partial charge on any atom is -0.328 e. The van der Waals surface area contributed by atoms with E-state index in [0.29, 0.717) is 0 Å². The fourth-order valence-corrected chi connectivity index (χ4v) is 3.59. The Balaban J connectivity index is 2.16. The van der Waals surface area contributed by atoms with Crippen molar-refractivity contribution in [2.24, 2.45) is 0 Å². The topological polar surface area (TPSA) is 12.0 Å². The van der Waals surface area contributed by atoms with Crippen LogP contribution in [0.2, 0.25) is 6.04 Å². The Bertz CT molecular complexity index is 240. The zero-order chi connectivity index (χ0) is 10.2. The molecule has 0 aromatic heterocycles. The molecular weight excluding hydrogens is 210 g/mol. The number of halogens is 1. The lowest BCUT2D eigenvalue weighted by Crippen LogP contribution is -2.27. The summed E-state index contributed by atoms with van der Waals surface area (Å²) < 4.78 is 0. The van der Waals surface area contributed by atoms with Gasteiger partial charge in [0.1, 0.15) is 0 Å². The lowest BCUT2D eigenvalue weighted by atomic mass is 10.1. The minimum absolute atomic E-state index is 1.01. The second kappa shape index (κ2) is 7.04. The normalized spacial score (nSPS) is 12.7. The molecule has 1 unspecified atom stereocenters. The second-order valence-corrected chi connectivity index (χ2v) is 6.90. The molecule has 1 atom stereocenters. The van der Waals surface area contributed by atoms with Crippen molar-refractivity contribution in [3.8, 4) is 0 Å². The summed E-state index contributed by atoms with van der Waals surface area (Å²) >= 11 is 6.17. The third kappa shape index (κ3) is 4.79. The van der Waals surface area contributed by atoms with Gasteiger partial charge in [0.15, 0.2) is 0 Å². The van der Waals surface area contributed by atoms with Crippen molar-refractivity contribution >= 4 is 19.3 Å². The molecule has 0 bridgehead atoms. The Morgan fingerprint density at radius 1 is 1.29 bits per heavy atom. The number of rotatable bonds is 6. The third-order valence-electron chi connectivity index (χ3n) is 2.19. The number of aryl methyl sites for hydroxylation is 1. The molecule has 0 fully saturated rings. The first kappa shape index (κ1) is 11.8. The number of nitrogens with one attached hydrogen (secondary N) is 1. The maximum Gasteiger partial charge on any atom is 0.211 e. The number of hydrogen-bond acceptors (Lipinski definition) is 1. The highest BCUT2D eigenvalue weighted by molar-refractivity contribution is 7.05. The van der Waals surface area contributed by atoms with E-state index in [1.54, 1.807) is 0 Å². The molecule has 3 heteroatoms. The van der Waals surface area contributed by atoms with Crippen LogP contribution < -0.4 is 4.98 Å². The first-order valence-corrected chi connectivity index (χ1v) is 8.38. The van der Waals surface area contributed by atoms with E-state index < -0.39 is 8.27 Å². The molecule has 78 valence electrons. The van der Waals surface area contributed by atoms with Gasteiger partial charge in [-0.3, -0.25) is 0 Å². The molecule has 1 aromatic rings. The van der Waals surface area contributed by atoms with Crippen LogP contribution in [0, 0.1) is 0 Å². The Kier molecular flexibility index (Phi) is 5.92. The van der Waals surface area contributed by atoms with E-state index in [9.17, 15) is 0 Å². The van der Waals surface area contributed by atoms with Crippen LogP contribution in [0.15, 0.2) is 30.3 Å². The Hall–Kier alpha value is -0.313. The molecule has 0 saturated carbocycles. The van der Waals surface area contributed by atoms with Gasteiger partial charge in [-0.05, 0) is 31.0 Å². The first-order chi connectivity index (χ1) is 6.83. The SMILES string of the molecule is CCN[SiH](Cl)CCCc1ccccc1. The van der Waals surface area contributed by atoms with E-state index >= 15 is 0 Å². The van der Waals surface area contributed by atoms with Crippen LogP contribution in [-0.4, -0.2) is 14.8 Å². The maximum atomic E-state index is 6.17. The first-order valence-electron chi connectivity index (χ1n) is 5.24. The summed E-state index contributed by atoms with van der Waals surface area (Å²) in [7, 11) is -1.12. The van der Waals surface area contributed by atoms with Gasteiger partial charge in [0, 0.05) is 0 Å². The Morgan fingerprint density at radius 2 is 2.00 bits per heavy atom. The minimum atomic E-state index is -1.12. The van der Waals surface area contributed by atoms with Crippen LogP contribution in [0.1, 0.15) is 18.9 Å². The van der Waals surface area contributed by atoms with Gasteiger partial charge in [-0.1, -0.05) is 37.3 Å². The average Bonchev–Trinajstić information content (AvgIpc) is 2.20. The van der Waals surface area contributed by atoms with Gasteiger partial charge in [-0.25, -0.2) is 0 Å². The van der Waals surface area contributed by atoms with Gasteiger partial charge < -0.3 is 4.98 Å². The Labute approximate surface area is 92.9 Å². The zero-order valence-corrected chi connectivity index (χ0v) is 10.6. The smallest absolute Gasteiger partial charge is 0.211 e. The van der Waals surface area contributed by atoms with Crippen LogP contribution in [-0.2, 0) is 6.42 Å². The average molecular weight is 228 g/mol. The lowest BCUT2D eigenvalue weighted by molar-refractivity contribution is 0.889. The molecule has 1 N–H and O–H groups in total. The number of benzene rings is 1. The molecule has 0 aliphatic carbocycles. The van der Waals surface area contributed by atoms with Gasteiger partial charge in [0.05, 0.1) is 0 Å². The van der Waals surface area contributed by atoms with Crippen molar-refractivity contribution in [1.29, 1.82) is 0 Å². The monoisotopic (exact) mass is 227 g/mol. The molecule has 0 aliphatic heterocycles. The molecule has 0 amide bonds. The molecule has 0 radical (unpaired) electrons. The third-order valence-corrected chi connectivity index (χ3v) is 5.08. The van der Waals surface area contributed by atoms with Crippen LogP contribution in [0.25, 0.3) is 0 Å². The van der Waals surface area contributed by atoms with Crippen molar-refractivity contribution < 1.29 is 0 Å². The van der Waals surface area contributed by atoms with E-state index in [4.69, 9.17) is 11.1 Å². The van der Waals surface area contributed by atoms with Gasteiger partial charge in [-0.2, -0.15) is 11.1 Å². The van der Waals surface area contributed by atoms with Crippen LogP contribution in [0.3, 0.4) is 0 Å². The van der Waals surface area contributed by atoms with E-state index in [2.05, 4.69) is 42.2 Å². The summed E-state index contributed by atoms with van der Waals surface area (Å²) in [4.78, 5) is 3.34. The summed E-state index contributed by atoms with van der Waals surface area (Å²) in [6, 6.07) is 11.8. The van der Waals surface area contributed by atoms with Crippen molar-refractivity contribution in [2.45, 2.75) is 25.8 Å². The van der Waals surface area contributed by atoms with Crippen molar-refractivity contribution in [2.75, 3.05) is 6.54 Å². The quantitative estimate of drug-likeness (QED) is 0.582. The standard InChI is InChI=1S/C11H18ClNSi/c1-2-13-14(12)10-6-9-11-7-4-3-5-8-11/h3-5,7-8,13-14H,2,6,9-10H2,1H3. The molecule has 1 nitrogen and oxygen atoms in total. The summed E-state index contributed by atoms with van der Waals surface area (Å²) in [5.41, 5.74) is 1.42. The largest absolute Gasteiger partial charge is 0.328 e. The molecule has 14 heavy (non-hydrogen) atoms. The lowest BCUT2D eigenvalue weighted by Gasteiger charge is -2.07. The summed E-state index contributed by atoms with van der Waals surface area (Å²) in [5.74, 6) is 0. The zero-order valence-electron chi connectivity index (χ0n) is 8.67. The molecular formula is C11H18ClNSi. The van der Waals surface area contributed by atoms with E-state index in [1.807, 2.05) is 0 Å². The fraction of sp³-hybridized carbons (Fsp3) is 0.455. The molecule has 0 spiro atoms. The van der Waals surface area contributed by atoms with E-state index in [0.717, 1.165) is 13.0 Å². The molecule has 0 saturated heterocycles. The highest BCUT2D eigenvalue weighted by Gasteiger charge is 2.04. The van der Waals surface area contributed by atoms with Gasteiger partial charge in [-0.15, -0.1) is 0 Å². The highest BCUT2D eigenvalue weighted by Crippen LogP contribution is 2.07. The maximum absolute atomic E-state index is 6.17. The summed E-state index contributed by atoms with van der Waals surface area (Å²) in [6.45, 7) is 3.12. The van der Waals surface area contributed by atoms with Crippen LogP contribution >= 0.6 is 11.1 Å². The van der Waals surface area contributed by atoms with Crippen molar-refractivity contribution in [3.05, 3.63) is 35.9 Å². The summed E-state index contributed by atoms with van der Waals surface area (Å²) in [5, 5.41) is 0. The number of hydrogen-bond donors (Lipinski definition) is 1. The van der Waals surface area contributed by atoms with E-state index in [-0.39, 0.29) is 0 Å². The van der Waals surface area contributed by atoms with Crippen molar-refractivity contribution in [1.82, 2.24) is 4.98 Å². The van der Waals surface area contributed by atoms with Crippen molar-refractivity contribution in [3.63, 3.8) is 0 Å². The molecule has 0 aliphatic rings. The predicted molar refractivity (Wildman–Crippen MR) is 66.2 cm³/mol. The van der Waals surface area contributed by atoms with Gasteiger partial charge in [0.25, 0.3) is 0 Å². The highest BCUT2D eigenvalue weighted by atomic mass is 35.6. The van der Waals surface area contributed by atoms with Crippen LogP contribution in [0.4, 0.5) is 0 Å². The predicted octanol–water partition coefficient (Wildman–Crippen LogP) is 2.69. The van der Waals surface area contributed by atoms with Gasteiger partial charge >= 0.3 is 0 Å². The summed E-state index contributed by atoms with van der Waals surface area (Å²) in [6.07, 6.45) is 2.36. The van der Waals surface area contributed by atoms with Gasteiger partial charge in [0.2, 0.25) is 8.27 Å². The van der Waals surface area contributed by atoms with E-state index in [1.165, 1.54) is 18.0 Å². The molecule has 0 heterocycles. The molecule has 1 aromatic carbocycles. The van der Waals surface area contributed by atoms with Crippen LogP contribution in [0.5, 0.6) is 0 Å². The fourth-order valence-electron chi connectivity index (χ4n) is 1.45. The Morgan fingerprint density at radius 3 is 2.64 bits per heavy atom. The second-order valence-electron chi connectivity index (χ2n) is 3.40.